The molecule has 0 aliphatic heterocycles. The molecule has 0 N–H and O–H groups in total. The second-order valence-corrected chi connectivity index (χ2v) is 4.13. The Hall–Kier alpha value is -1.74. The molecule has 3 heteroatoms. The van der Waals surface area contributed by atoms with Gasteiger partial charge in [0.05, 0.1) is 0 Å². The molecule has 0 spiro atoms. The summed E-state index contributed by atoms with van der Waals surface area (Å²) in [6.45, 7) is -1.18. The highest BCUT2D eigenvalue weighted by atomic mass is 15.1. The van der Waals surface area contributed by atoms with Gasteiger partial charge in [-0.2, -0.15) is 0 Å². The minimum Gasteiger partial charge on any atom is -0.306 e. The lowest BCUT2D eigenvalue weighted by atomic mass is 10.2. The van der Waals surface area contributed by atoms with Gasteiger partial charge in [-0.25, -0.2) is 0 Å². The van der Waals surface area contributed by atoms with Crippen molar-refractivity contribution in [2.45, 2.75) is 12.8 Å². The van der Waals surface area contributed by atoms with E-state index in [1.165, 1.54) is 4.90 Å². The summed E-state index contributed by atoms with van der Waals surface area (Å²) < 4.78 is 22.9. The topological polar surface area (TPSA) is 29.0 Å². The third-order valence-corrected chi connectivity index (χ3v) is 2.73. The monoisotopic (exact) mass is 244 g/mol. The molecule has 0 saturated carbocycles. The summed E-state index contributed by atoms with van der Waals surface area (Å²) >= 11 is 0. The van der Waals surface area contributed by atoms with Gasteiger partial charge in [0.1, 0.15) is 0 Å². The van der Waals surface area contributed by atoms with Gasteiger partial charge in [0, 0.05) is 53.8 Å². The molecule has 0 aromatic carbocycles. The molecule has 2 aromatic heterocycles. The zero-order valence-corrected chi connectivity index (χ0v) is 10.3. The fourth-order valence-electron chi connectivity index (χ4n) is 1.70. The van der Waals surface area contributed by atoms with Crippen LogP contribution in [0.25, 0.3) is 0 Å². The normalized spacial score (nSPS) is 13.9. The van der Waals surface area contributed by atoms with Gasteiger partial charge in [0.25, 0.3) is 0 Å². The maximum Gasteiger partial charge on any atom is 0.0416 e. The molecule has 94 valence electrons. The van der Waals surface area contributed by atoms with E-state index in [-0.39, 0.29) is 0 Å². The summed E-state index contributed by atoms with van der Waals surface area (Å²) in [4.78, 5) is 9.97. The van der Waals surface area contributed by atoms with Gasteiger partial charge in [0.2, 0.25) is 0 Å². The van der Waals surface area contributed by atoms with Crippen LogP contribution in [0.1, 0.15) is 15.5 Å². The largest absolute Gasteiger partial charge is 0.306 e. The Balaban J connectivity index is 1.92. The van der Waals surface area contributed by atoms with E-state index >= 15 is 0 Å². The van der Waals surface area contributed by atoms with Crippen LogP contribution in [0.4, 0.5) is 0 Å². The molecular weight excluding hydrogens is 222 g/mol. The van der Waals surface area contributed by atoms with Crippen molar-refractivity contribution in [3.05, 3.63) is 60.2 Å². The zero-order chi connectivity index (χ0) is 15.1. The average Bonchev–Trinajstić information content (AvgIpc) is 2.48. The molecule has 0 saturated heterocycles. The molecule has 2 aromatic rings. The average molecular weight is 244 g/mol. The predicted octanol–water partition coefficient (Wildman–Crippen LogP) is 2.19. The van der Waals surface area contributed by atoms with Gasteiger partial charge in [-0.05, 0) is 31.2 Å². The lowest BCUT2D eigenvalue weighted by Gasteiger charge is -2.15. The summed E-state index contributed by atoms with van der Waals surface area (Å²) in [7, 11) is 0. The summed E-state index contributed by atoms with van der Waals surface area (Å²) in [5.41, 5.74) is 1.81. The van der Waals surface area contributed by atoms with E-state index in [1.807, 2.05) is 36.4 Å². The molecule has 0 aliphatic carbocycles. The van der Waals surface area contributed by atoms with E-state index in [9.17, 15) is 0 Å². The van der Waals surface area contributed by atoms with E-state index in [0.717, 1.165) is 11.4 Å². The number of pyridine rings is 2. The SMILES string of the molecule is [2H]C([2H])([2H])N(CCc1ccccn1)CCc1ccccn1. The molecule has 0 aliphatic rings. The number of likely N-dealkylation sites (N-methyl/N-ethyl adjacent to an activating group) is 1. The van der Waals surface area contributed by atoms with Gasteiger partial charge in [-0.15, -0.1) is 0 Å². The number of nitrogens with zero attached hydrogens (tertiary/aromatic N) is 3. The quantitative estimate of drug-likeness (QED) is 0.780. The minimum absolute atomic E-state index is 0.459. The number of rotatable bonds is 6. The Morgan fingerprint density at radius 1 is 0.944 bits per heavy atom. The first-order valence-electron chi connectivity index (χ1n) is 7.60. The van der Waals surface area contributed by atoms with E-state index in [2.05, 4.69) is 9.97 Å². The molecule has 0 atom stereocenters. The maximum atomic E-state index is 7.64. The molecule has 18 heavy (non-hydrogen) atoms. The second-order valence-electron chi connectivity index (χ2n) is 4.13. The summed E-state index contributed by atoms with van der Waals surface area (Å²) in [6, 6.07) is 11.4. The van der Waals surface area contributed by atoms with Crippen molar-refractivity contribution < 1.29 is 4.11 Å². The Labute approximate surface area is 113 Å². The highest BCUT2D eigenvalue weighted by Crippen LogP contribution is 1.99. The van der Waals surface area contributed by atoms with Crippen LogP contribution in [0.5, 0.6) is 0 Å². The lowest BCUT2D eigenvalue weighted by Crippen LogP contribution is -2.24. The zero-order valence-electron chi connectivity index (χ0n) is 13.3. The van der Waals surface area contributed by atoms with Crippen LogP contribution in [0, 0.1) is 0 Å². The minimum atomic E-state index is -2.09. The highest BCUT2D eigenvalue weighted by molar-refractivity contribution is 5.05. The molecule has 0 amide bonds. The molecule has 0 bridgehead atoms. The van der Waals surface area contributed by atoms with Crippen molar-refractivity contribution in [3.63, 3.8) is 0 Å². The van der Waals surface area contributed by atoms with E-state index in [1.54, 1.807) is 12.4 Å². The lowest BCUT2D eigenvalue weighted by molar-refractivity contribution is 0.340. The summed E-state index contributed by atoms with van der Waals surface area (Å²) in [6.07, 6.45) is 4.70. The predicted molar refractivity (Wildman–Crippen MR) is 73.4 cm³/mol. The van der Waals surface area contributed by atoms with Crippen molar-refractivity contribution in [1.82, 2.24) is 14.9 Å². The highest BCUT2D eigenvalue weighted by Gasteiger charge is 2.01. The third-order valence-electron chi connectivity index (χ3n) is 2.73. The van der Waals surface area contributed by atoms with Gasteiger partial charge >= 0.3 is 0 Å². The van der Waals surface area contributed by atoms with Crippen molar-refractivity contribution in [2.75, 3.05) is 20.1 Å². The first kappa shape index (κ1) is 9.22. The molecular formula is C15H19N3. The summed E-state index contributed by atoms with van der Waals surface area (Å²) in [5.74, 6) is 0. The maximum absolute atomic E-state index is 7.64. The van der Waals surface area contributed by atoms with E-state index in [0.29, 0.717) is 25.9 Å². The van der Waals surface area contributed by atoms with Crippen LogP contribution in [0.2, 0.25) is 0 Å². The fraction of sp³-hybridized carbons (Fsp3) is 0.333. The van der Waals surface area contributed by atoms with E-state index < -0.39 is 6.98 Å². The van der Waals surface area contributed by atoms with E-state index in [4.69, 9.17) is 4.11 Å². The first-order chi connectivity index (χ1) is 10.1. The Morgan fingerprint density at radius 2 is 1.50 bits per heavy atom. The fourth-order valence-corrected chi connectivity index (χ4v) is 1.70. The molecule has 0 unspecified atom stereocenters. The molecule has 3 nitrogen and oxygen atoms in total. The number of hydrogen-bond acceptors (Lipinski definition) is 3. The third kappa shape index (κ3) is 4.26. The number of aromatic nitrogens is 2. The van der Waals surface area contributed by atoms with Crippen molar-refractivity contribution in [2.24, 2.45) is 0 Å². The van der Waals surface area contributed by atoms with Crippen LogP contribution in [-0.2, 0) is 12.8 Å². The van der Waals surface area contributed by atoms with Crippen LogP contribution >= 0.6 is 0 Å². The molecule has 0 radical (unpaired) electrons. The van der Waals surface area contributed by atoms with Crippen LogP contribution in [0.3, 0.4) is 0 Å². The molecule has 2 rings (SSSR count). The Morgan fingerprint density at radius 3 is 1.89 bits per heavy atom. The second kappa shape index (κ2) is 6.87. The van der Waals surface area contributed by atoms with Crippen LogP contribution < -0.4 is 0 Å². The molecule has 2 heterocycles. The van der Waals surface area contributed by atoms with Gasteiger partial charge in [-0.3, -0.25) is 9.97 Å². The van der Waals surface area contributed by atoms with Crippen molar-refractivity contribution >= 4 is 0 Å². The first-order valence-corrected chi connectivity index (χ1v) is 6.10. The Kier molecular flexibility index (Phi) is 3.52. The Bertz CT molecular complexity index is 485. The van der Waals surface area contributed by atoms with Gasteiger partial charge in [0.15, 0.2) is 0 Å². The standard InChI is InChI=1S/C15H19N3/c1-18(12-8-14-6-2-4-10-16-14)13-9-15-7-3-5-11-17-15/h2-7,10-11H,8-9,12-13H2,1H3/i1D3. The van der Waals surface area contributed by atoms with Crippen molar-refractivity contribution in [3.8, 4) is 0 Å². The van der Waals surface area contributed by atoms with Crippen LogP contribution in [0.15, 0.2) is 48.8 Å². The number of hydrogen-bond donors (Lipinski definition) is 0. The smallest absolute Gasteiger partial charge is 0.0416 e. The van der Waals surface area contributed by atoms with Gasteiger partial charge < -0.3 is 4.90 Å². The molecule has 0 fully saturated rings. The van der Waals surface area contributed by atoms with Crippen LogP contribution in [-0.4, -0.2) is 34.9 Å². The van der Waals surface area contributed by atoms with Crippen molar-refractivity contribution in [1.29, 1.82) is 0 Å². The van der Waals surface area contributed by atoms with Gasteiger partial charge in [-0.1, -0.05) is 12.1 Å². The summed E-state index contributed by atoms with van der Waals surface area (Å²) in [5, 5.41) is 0.